The molecule has 0 aliphatic carbocycles. The van der Waals surface area contributed by atoms with Crippen molar-refractivity contribution >= 4 is 33.1 Å². The molecule has 0 spiro atoms. The van der Waals surface area contributed by atoms with Crippen molar-refractivity contribution in [2.75, 3.05) is 16.8 Å². The van der Waals surface area contributed by atoms with Crippen LogP contribution in [-0.4, -0.2) is 11.1 Å². The van der Waals surface area contributed by atoms with Crippen LogP contribution in [-0.2, 0) is 11.2 Å². The molecule has 1 rings (SSSR count). The highest BCUT2D eigenvalue weighted by Crippen LogP contribution is 2.16. The number of alkyl halides is 1. The predicted molar refractivity (Wildman–Crippen MR) is 57.8 cm³/mol. The first-order chi connectivity index (χ1) is 6.13. The molecule has 0 atom stereocenters. The van der Waals surface area contributed by atoms with Crippen molar-refractivity contribution in [2.24, 2.45) is 0 Å². The van der Waals surface area contributed by atoms with E-state index in [0.717, 1.165) is 5.56 Å². The molecule has 0 radical (unpaired) electrons. The molecule has 0 saturated heterocycles. The van der Waals surface area contributed by atoms with Gasteiger partial charge in [0.05, 0.1) is 5.33 Å². The minimum absolute atomic E-state index is 0.0947. The van der Waals surface area contributed by atoms with E-state index < -0.39 is 0 Å². The summed E-state index contributed by atoms with van der Waals surface area (Å²) in [5.74, 6) is 0.0947. The van der Waals surface area contributed by atoms with Gasteiger partial charge in [-0.15, -0.1) is 0 Å². The lowest BCUT2D eigenvalue weighted by Crippen LogP contribution is -2.06. The molecule has 1 aromatic rings. The Morgan fingerprint density at radius 1 is 1.38 bits per heavy atom. The van der Waals surface area contributed by atoms with Crippen LogP contribution in [0.3, 0.4) is 0 Å². The molecule has 0 fully saturated rings. The second kappa shape index (κ2) is 4.28. The molecule has 13 heavy (non-hydrogen) atoms. The smallest absolute Gasteiger partial charge is 0.147 e. The Labute approximate surface area is 85.2 Å². The van der Waals surface area contributed by atoms with Crippen LogP contribution in [0.2, 0.25) is 0 Å². The molecular weight excluding hydrogens is 232 g/mol. The van der Waals surface area contributed by atoms with E-state index >= 15 is 0 Å². The van der Waals surface area contributed by atoms with Crippen molar-refractivity contribution in [1.29, 1.82) is 0 Å². The summed E-state index contributed by atoms with van der Waals surface area (Å²) in [7, 11) is 0. The Hall–Kier alpha value is -1.03. The third-order valence-electron chi connectivity index (χ3n) is 1.70. The number of benzene rings is 1. The van der Waals surface area contributed by atoms with E-state index in [1.807, 2.05) is 0 Å². The summed E-state index contributed by atoms with van der Waals surface area (Å²) >= 11 is 3.09. The largest absolute Gasteiger partial charge is 0.399 e. The SMILES string of the molecule is Nc1ccc(N)c(CC(=O)CBr)c1. The Morgan fingerprint density at radius 3 is 2.69 bits per heavy atom. The molecule has 3 nitrogen and oxygen atoms in total. The second-order valence-corrected chi connectivity index (χ2v) is 3.37. The van der Waals surface area contributed by atoms with Crippen LogP contribution in [0.4, 0.5) is 11.4 Å². The fourth-order valence-electron chi connectivity index (χ4n) is 1.04. The van der Waals surface area contributed by atoms with Gasteiger partial charge in [0, 0.05) is 17.8 Å². The minimum atomic E-state index is 0.0947. The zero-order valence-electron chi connectivity index (χ0n) is 7.09. The molecule has 0 aromatic heterocycles. The van der Waals surface area contributed by atoms with Crippen LogP contribution in [0.1, 0.15) is 5.56 Å². The summed E-state index contributed by atoms with van der Waals surface area (Å²) in [4.78, 5) is 11.1. The van der Waals surface area contributed by atoms with E-state index in [0.29, 0.717) is 23.1 Å². The normalized spacial score (nSPS) is 9.92. The van der Waals surface area contributed by atoms with Gasteiger partial charge in [-0.2, -0.15) is 0 Å². The minimum Gasteiger partial charge on any atom is -0.399 e. The van der Waals surface area contributed by atoms with E-state index in [1.54, 1.807) is 18.2 Å². The lowest BCUT2D eigenvalue weighted by molar-refractivity contribution is -0.115. The van der Waals surface area contributed by atoms with Gasteiger partial charge in [-0.1, -0.05) is 15.9 Å². The van der Waals surface area contributed by atoms with Crippen LogP contribution in [0.5, 0.6) is 0 Å². The number of nitrogens with two attached hydrogens (primary N) is 2. The average molecular weight is 243 g/mol. The van der Waals surface area contributed by atoms with Gasteiger partial charge in [-0.05, 0) is 23.8 Å². The van der Waals surface area contributed by atoms with Crippen molar-refractivity contribution < 1.29 is 4.79 Å². The molecule has 0 aliphatic heterocycles. The summed E-state index contributed by atoms with van der Waals surface area (Å²) in [5, 5.41) is 0.348. The van der Waals surface area contributed by atoms with Gasteiger partial charge in [-0.3, -0.25) is 4.79 Å². The molecule has 0 unspecified atom stereocenters. The second-order valence-electron chi connectivity index (χ2n) is 2.81. The maximum atomic E-state index is 11.1. The zero-order chi connectivity index (χ0) is 9.84. The van der Waals surface area contributed by atoms with Gasteiger partial charge in [0.2, 0.25) is 0 Å². The Morgan fingerprint density at radius 2 is 2.08 bits per heavy atom. The summed E-state index contributed by atoms with van der Waals surface area (Å²) in [6.07, 6.45) is 0.335. The lowest BCUT2D eigenvalue weighted by Gasteiger charge is -2.04. The molecule has 4 heteroatoms. The Balaban J connectivity index is 2.87. The third-order valence-corrected chi connectivity index (χ3v) is 2.33. The fraction of sp³-hybridized carbons (Fsp3) is 0.222. The highest BCUT2D eigenvalue weighted by Gasteiger charge is 2.05. The van der Waals surface area contributed by atoms with Crippen LogP contribution in [0.25, 0.3) is 0 Å². The van der Waals surface area contributed by atoms with Crippen molar-refractivity contribution in [2.45, 2.75) is 6.42 Å². The number of carbonyl (C=O) groups excluding carboxylic acids is 1. The third kappa shape index (κ3) is 2.73. The number of Topliss-reactive ketones (excluding diaryl/α,β-unsaturated/α-hetero) is 1. The highest BCUT2D eigenvalue weighted by atomic mass is 79.9. The van der Waals surface area contributed by atoms with Gasteiger partial charge in [0.15, 0.2) is 0 Å². The van der Waals surface area contributed by atoms with Gasteiger partial charge in [0.1, 0.15) is 5.78 Å². The first-order valence-electron chi connectivity index (χ1n) is 3.85. The number of anilines is 2. The zero-order valence-corrected chi connectivity index (χ0v) is 8.67. The monoisotopic (exact) mass is 242 g/mol. The van der Waals surface area contributed by atoms with Crippen molar-refractivity contribution in [3.63, 3.8) is 0 Å². The summed E-state index contributed by atoms with van der Waals surface area (Å²) < 4.78 is 0. The van der Waals surface area contributed by atoms with Gasteiger partial charge < -0.3 is 11.5 Å². The summed E-state index contributed by atoms with van der Waals surface area (Å²) in [6, 6.07) is 5.17. The summed E-state index contributed by atoms with van der Waals surface area (Å²) in [6.45, 7) is 0. The highest BCUT2D eigenvalue weighted by molar-refractivity contribution is 9.09. The first-order valence-corrected chi connectivity index (χ1v) is 4.97. The quantitative estimate of drug-likeness (QED) is 0.622. The molecule has 0 aliphatic rings. The predicted octanol–water partition coefficient (Wildman–Crippen LogP) is 1.36. The van der Waals surface area contributed by atoms with E-state index in [4.69, 9.17) is 11.5 Å². The molecule has 0 amide bonds. The van der Waals surface area contributed by atoms with Crippen LogP contribution in [0, 0.1) is 0 Å². The van der Waals surface area contributed by atoms with E-state index in [1.165, 1.54) is 0 Å². The van der Waals surface area contributed by atoms with Crippen molar-refractivity contribution in [1.82, 2.24) is 0 Å². The number of hydrogen-bond acceptors (Lipinski definition) is 3. The number of halogens is 1. The number of hydrogen-bond donors (Lipinski definition) is 2. The number of rotatable bonds is 3. The molecule has 0 saturated carbocycles. The van der Waals surface area contributed by atoms with Crippen LogP contribution >= 0.6 is 15.9 Å². The van der Waals surface area contributed by atoms with Gasteiger partial charge in [0.25, 0.3) is 0 Å². The topological polar surface area (TPSA) is 69.1 Å². The number of carbonyl (C=O) groups is 1. The number of ketones is 1. The average Bonchev–Trinajstić information content (AvgIpc) is 2.11. The molecule has 70 valence electrons. The maximum absolute atomic E-state index is 11.1. The standard InChI is InChI=1S/C9H11BrN2O/c10-5-8(13)4-6-3-7(11)1-2-9(6)12/h1-3H,4-5,11-12H2. The molecule has 1 aromatic carbocycles. The molecule has 4 N–H and O–H groups in total. The van der Waals surface area contributed by atoms with Crippen LogP contribution in [0.15, 0.2) is 18.2 Å². The van der Waals surface area contributed by atoms with Gasteiger partial charge in [-0.25, -0.2) is 0 Å². The summed E-state index contributed by atoms with van der Waals surface area (Å²) in [5.41, 5.74) is 13.3. The van der Waals surface area contributed by atoms with Crippen molar-refractivity contribution in [3.8, 4) is 0 Å². The molecule has 0 heterocycles. The Bertz CT molecular complexity index is 325. The maximum Gasteiger partial charge on any atom is 0.147 e. The molecular formula is C9H11BrN2O. The van der Waals surface area contributed by atoms with E-state index in [2.05, 4.69) is 15.9 Å². The van der Waals surface area contributed by atoms with Crippen LogP contribution < -0.4 is 11.5 Å². The fourth-order valence-corrected chi connectivity index (χ4v) is 1.24. The Kier molecular flexibility index (Phi) is 3.31. The number of nitrogen functional groups attached to an aromatic ring is 2. The molecule has 0 bridgehead atoms. The first kappa shape index (κ1) is 10.1. The van der Waals surface area contributed by atoms with E-state index in [-0.39, 0.29) is 5.78 Å². The van der Waals surface area contributed by atoms with Crippen molar-refractivity contribution in [3.05, 3.63) is 23.8 Å². The van der Waals surface area contributed by atoms with E-state index in [9.17, 15) is 4.79 Å². The lowest BCUT2D eigenvalue weighted by atomic mass is 10.1. The van der Waals surface area contributed by atoms with Gasteiger partial charge >= 0.3 is 0 Å².